The summed E-state index contributed by atoms with van der Waals surface area (Å²) in [6.45, 7) is 0.512. The Morgan fingerprint density at radius 3 is 2.52 bits per heavy atom. The van der Waals surface area contributed by atoms with Crippen molar-refractivity contribution in [1.82, 2.24) is 10.3 Å². The molecule has 0 aliphatic rings. The van der Waals surface area contributed by atoms with Crippen LogP contribution >= 0.6 is 11.6 Å². The standard InChI is InChI=1S/C19H19ClN2O3/c1-24-15-7-13(8-16(10-15)25-2)19(23)21-6-5-12-11-22-18-4-3-14(20)9-17(12)18/h3-4,7-11,22H,5-6H2,1-2H3,(H,21,23). The predicted octanol–water partition coefficient (Wildman–Crippen LogP) is 3.81. The van der Waals surface area contributed by atoms with Gasteiger partial charge in [-0.25, -0.2) is 0 Å². The molecule has 0 atom stereocenters. The molecule has 2 N–H and O–H groups in total. The fraction of sp³-hybridized carbons (Fsp3) is 0.211. The highest BCUT2D eigenvalue weighted by Gasteiger charge is 2.10. The van der Waals surface area contributed by atoms with Crippen LogP contribution in [0.3, 0.4) is 0 Å². The van der Waals surface area contributed by atoms with Crippen LogP contribution in [0.1, 0.15) is 15.9 Å². The minimum atomic E-state index is -0.171. The zero-order valence-electron chi connectivity index (χ0n) is 14.1. The van der Waals surface area contributed by atoms with Gasteiger partial charge in [-0.2, -0.15) is 0 Å². The molecule has 0 radical (unpaired) electrons. The number of aromatic amines is 1. The molecule has 3 rings (SSSR count). The van der Waals surface area contributed by atoms with Crippen LogP contribution in [0, 0.1) is 0 Å². The van der Waals surface area contributed by atoms with Crippen LogP contribution in [0.4, 0.5) is 0 Å². The third kappa shape index (κ3) is 3.88. The highest BCUT2D eigenvalue weighted by Crippen LogP contribution is 2.23. The van der Waals surface area contributed by atoms with Crippen LogP contribution in [0.2, 0.25) is 5.02 Å². The van der Waals surface area contributed by atoms with E-state index in [1.807, 2.05) is 24.4 Å². The van der Waals surface area contributed by atoms with E-state index in [1.165, 1.54) is 0 Å². The molecule has 1 amide bonds. The van der Waals surface area contributed by atoms with E-state index in [-0.39, 0.29) is 5.91 Å². The molecule has 0 fully saturated rings. The second-order valence-corrected chi connectivity index (χ2v) is 6.05. The van der Waals surface area contributed by atoms with Crippen LogP contribution in [0.5, 0.6) is 11.5 Å². The van der Waals surface area contributed by atoms with E-state index >= 15 is 0 Å². The monoisotopic (exact) mass is 358 g/mol. The van der Waals surface area contributed by atoms with Gasteiger partial charge in [-0.15, -0.1) is 0 Å². The number of aromatic nitrogens is 1. The maximum Gasteiger partial charge on any atom is 0.251 e. The lowest BCUT2D eigenvalue weighted by atomic mass is 10.1. The lowest BCUT2D eigenvalue weighted by Crippen LogP contribution is -2.25. The van der Waals surface area contributed by atoms with E-state index in [4.69, 9.17) is 21.1 Å². The zero-order valence-corrected chi connectivity index (χ0v) is 14.8. The summed E-state index contributed by atoms with van der Waals surface area (Å²) in [5, 5.41) is 4.69. The highest BCUT2D eigenvalue weighted by atomic mass is 35.5. The van der Waals surface area contributed by atoms with Gasteiger partial charge < -0.3 is 19.8 Å². The molecule has 0 saturated carbocycles. The number of carbonyl (C=O) groups excluding carboxylic acids is 1. The van der Waals surface area contributed by atoms with Gasteiger partial charge >= 0.3 is 0 Å². The van der Waals surface area contributed by atoms with Crippen molar-refractivity contribution in [3.05, 3.63) is 58.7 Å². The molecule has 130 valence electrons. The van der Waals surface area contributed by atoms with Gasteiger partial charge in [-0.05, 0) is 42.3 Å². The lowest BCUT2D eigenvalue weighted by molar-refractivity contribution is 0.0953. The van der Waals surface area contributed by atoms with Crippen molar-refractivity contribution in [2.45, 2.75) is 6.42 Å². The molecule has 1 heterocycles. The first-order valence-electron chi connectivity index (χ1n) is 7.87. The smallest absolute Gasteiger partial charge is 0.251 e. The minimum absolute atomic E-state index is 0.171. The van der Waals surface area contributed by atoms with Crippen molar-refractivity contribution in [3.63, 3.8) is 0 Å². The van der Waals surface area contributed by atoms with E-state index in [9.17, 15) is 4.79 Å². The summed E-state index contributed by atoms with van der Waals surface area (Å²) in [5.41, 5.74) is 2.64. The number of nitrogens with one attached hydrogen (secondary N) is 2. The van der Waals surface area contributed by atoms with E-state index in [2.05, 4.69) is 10.3 Å². The van der Waals surface area contributed by atoms with E-state index in [0.717, 1.165) is 16.5 Å². The first-order valence-corrected chi connectivity index (χ1v) is 8.25. The first kappa shape index (κ1) is 17.2. The average molecular weight is 359 g/mol. The van der Waals surface area contributed by atoms with Crippen molar-refractivity contribution >= 4 is 28.4 Å². The van der Waals surface area contributed by atoms with Gasteiger partial charge in [0, 0.05) is 40.3 Å². The minimum Gasteiger partial charge on any atom is -0.497 e. The second-order valence-electron chi connectivity index (χ2n) is 5.61. The summed E-state index contributed by atoms with van der Waals surface area (Å²) in [4.78, 5) is 15.6. The van der Waals surface area contributed by atoms with Crippen molar-refractivity contribution < 1.29 is 14.3 Å². The van der Waals surface area contributed by atoms with Crippen molar-refractivity contribution in [1.29, 1.82) is 0 Å². The number of ether oxygens (including phenoxy) is 2. The molecule has 5 nitrogen and oxygen atoms in total. The molecule has 1 aromatic heterocycles. The summed E-state index contributed by atoms with van der Waals surface area (Å²) < 4.78 is 10.4. The Morgan fingerprint density at radius 1 is 1.12 bits per heavy atom. The molecule has 0 saturated heterocycles. The van der Waals surface area contributed by atoms with Crippen molar-refractivity contribution in [2.75, 3.05) is 20.8 Å². The number of hydrogen-bond donors (Lipinski definition) is 2. The fourth-order valence-corrected chi connectivity index (χ4v) is 2.88. The summed E-state index contributed by atoms with van der Waals surface area (Å²) in [7, 11) is 3.11. The predicted molar refractivity (Wildman–Crippen MR) is 98.9 cm³/mol. The number of hydrogen-bond acceptors (Lipinski definition) is 3. The molecule has 25 heavy (non-hydrogen) atoms. The van der Waals surface area contributed by atoms with Crippen LogP contribution < -0.4 is 14.8 Å². The summed E-state index contributed by atoms with van der Waals surface area (Å²) in [6.07, 6.45) is 2.65. The number of fused-ring (bicyclic) bond motifs is 1. The van der Waals surface area contributed by atoms with E-state index in [0.29, 0.717) is 35.1 Å². The van der Waals surface area contributed by atoms with Gasteiger partial charge in [0.2, 0.25) is 0 Å². The largest absolute Gasteiger partial charge is 0.497 e. The molecule has 2 aromatic carbocycles. The first-order chi connectivity index (χ1) is 12.1. The topological polar surface area (TPSA) is 63.4 Å². The van der Waals surface area contributed by atoms with Gasteiger partial charge in [-0.1, -0.05) is 11.6 Å². The van der Waals surface area contributed by atoms with Crippen molar-refractivity contribution in [2.24, 2.45) is 0 Å². The van der Waals surface area contributed by atoms with E-state index < -0.39 is 0 Å². The van der Waals surface area contributed by atoms with Gasteiger partial charge in [0.25, 0.3) is 5.91 Å². The van der Waals surface area contributed by atoms with Gasteiger partial charge in [0.15, 0.2) is 0 Å². The Labute approximate surface area is 150 Å². The van der Waals surface area contributed by atoms with Gasteiger partial charge in [0.05, 0.1) is 14.2 Å². The Bertz CT molecular complexity index is 883. The number of benzene rings is 2. The van der Waals surface area contributed by atoms with Gasteiger partial charge in [0.1, 0.15) is 11.5 Å². The maximum absolute atomic E-state index is 12.4. The van der Waals surface area contributed by atoms with Crippen LogP contribution in [0.15, 0.2) is 42.6 Å². The normalized spacial score (nSPS) is 10.7. The van der Waals surface area contributed by atoms with Crippen LogP contribution in [-0.2, 0) is 6.42 Å². The molecule has 6 heteroatoms. The summed E-state index contributed by atoms with van der Waals surface area (Å²) in [6, 6.07) is 10.8. The quantitative estimate of drug-likeness (QED) is 0.704. The maximum atomic E-state index is 12.4. The number of halogens is 1. The number of rotatable bonds is 6. The molecule has 0 aliphatic heterocycles. The Balaban J connectivity index is 1.67. The van der Waals surface area contributed by atoms with Gasteiger partial charge in [-0.3, -0.25) is 4.79 Å². The zero-order chi connectivity index (χ0) is 17.8. The second kappa shape index (κ2) is 7.49. The summed E-state index contributed by atoms with van der Waals surface area (Å²) in [5.74, 6) is 0.988. The Hall–Kier alpha value is -2.66. The van der Waals surface area contributed by atoms with E-state index in [1.54, 1.807) is 32.4 Å². The number of amides is 1. The third-order valence-corrected chi connectivity index (χ3v) is 4.26. The fourth-order valence-electron chi connectivity index (χ4n) is 2.71. The van der Waals surface area contributed by atoms with Crippen LogP contribution in [0.25, 0.3) is 10.9 Å². The Morgan fingerprint density at radius 2 is 1.84 bits per heavy atom. The molecule has 3 aromatic rings. The molecular weight excluding hydrogens is 340 g/mol. The average Bonchev–Trinajstić information content (AvgIpc) is 3.03. The molecule has 0 aliphatic carbocycles. The molecule has 0 bridgehead atoms. The third-order valence-electron chi connectivity index (χ3n) is 4.02. The molecular formula is C19H19ClN2O3. The molecule has 0 spiro atoms. The highest BCUT2D eigenvalue weighted by molar-refractivity contribution is 6.31. The number of methoxy groups -OCH3 is 2. The Kier molecular flexibility index (Phi) is 5.14. The van der Waals surface area contributed by atoms with Crippen molar-refractivity contribution in [3.8, 4) is 11.5 Å². The van der Waals surface area contributed by atoms with Crippen LogP contribution in [-0.4, -0.2) is 31.7 Å². The SMILES string of the molecule is COc1cc(OC)cc(C(=O)NCCc2c[nH]c3ccc(Cl)cc23)c1. The molecule has 0 unspecified atom stereocenters. The summed E-state index contributed by atoms with van der Waals surface area (Å²) >= 11 is 6.06. The lowest BCUT2D eigenvalue weighted by Gasteiger charge is -2.09. The number of H-pyrrole nitrogens is 1. The number of carbonyl (C=O) groups is 1.